The molecule has 2 aromatic carbocycles. The van der Waals surface area contributed by atoms with Crippen molar-refractivity contribution in [3.8, 4) is 11.5 Å². The molecule has 1 saturated heterocycles. The van der Waals surface area contributed by atoms with Gasteiger partial charge in [-0.15, -0.1) is 11.8 Å². The van der Waals surface area contributed by atoms with Gasteiger partial charge in [-0.05, 0) is 36.6 Å². The summed E-state index contributed by atoms with van der Waals surface area (Å²) in [6.45, 7) is 2.92. The van der Waals surface area contributed by atoms with Crippen molar-refractivity contribution in [3.05, 3.63) is 59.2 Å². The van der Waals surface area contributed by atoms with Gasteiger partial charge in [-0.3, -0.25) is 4.79 Å². The van der Waals surface area contributed by atoms with E-state index in [9.17, 15) is 4.79 Å². The van der Waals surface area contributed by atoms with Crippen LogP contribution < -0.4 is 9.47 Å². The number of unbranched alkanes of at least 4 members (excludes halogenated alkanes) is 1. The molecule has 5 heteroatoms. The average Bonchev–Trinajstić information content (AvgIpc) is 3.21. The van der Waals surface area contributed by atoms with Crippen LogP contribution in [0.4, 0.5) is 0 Å². The van der Waals surface area contributed by atoms with Crippen molar-refractivity contribution in [2.24, 2.45) is 0 Å². The topological polar surface area (TPSA) is 38.8 Å². The maximum absolute atomic E-state index is 13.2. The number of amides is 1. The number of para-hydroxylation sites is 1. The molecule has 1 atom stereocenters. The Morgan fingerprint density at radius 1 is 1.15 bits per heavy atom. The van der Waals surface area contributed by atoms with E-state index in [1.807, 2.05) is 35.2 Å². The molecular weight excluding hydrogens is 358 g/mol. The van der Waals surface area contributed by atoms with Gasteiger partial charge in [0.1, 0.15) is 5.37 Å². The first-order valence-electron chi connectivity index (χ1n) is 9.42. The molecule has 0 saturated carbocycles. The molecule has 0 bridgehead atoms. The minimum Gasteiger partial charge on any atom is -0.493 e. The Bertz CT molecular complexity index is 776. The number of aryl methyl sites for hydroxylation is 1. The zero-order valence-electron chi connectivity index (χ0n) is 16.2. The molecule has 0 N–H and O–H groups in total. The normalized spacial score (nSPS) is 16.4. The molecule has 0 spiro atoms. The molecular formula is C22H27NO3S. The largest absolute Gasteiger partial charge is 0.493 e. The van der Waals surface area contributed by atoms with Gasteiger partial charge in [-0.1, -0.05) is 37.6 Å². The number of carbonyl (C=O) groups is 1. The van der Waals surface area contributed by atoms with Crippen molar-refractivity contribution in [1.82, 2.24) is 4.90 Å². The molecule has 1 aliphatic rings. The molecule has 0 aromatic heterocycles. The number of hydrogen-bond donors (Lipinski definition) is 0. The Morgan fingerprint density at radius 2 is 1.93 bits per heavy atom. The van der Waals surface area contributed by atoms with Gasteiger partial charge in [0.15, 0.2) is 11.5 Å². The van der Waals surface area contributed by atoms with Gasteiger partial charge in [-0.2, -0.15) is 0 Å². The molecule has 1 heterocycles. The van der Waals surface area contributed by atoms with Crippen LogP contribution in [0.2, 0.25) is 0 Å². The second-order valence-electron chi connectivity index (χ2n) is 6.60. The zero-order chi connectivity index (χ0) is 19.2. The fraction of sp³-hybridized carbons (Fsp3) is 0.409. The van der Waals surface area contributed by atoms with E-state index < -0.39 is 0 Å². The smallest absolute Gasteiger partial charge is 0.255 e. The third-order valence-electron chi connectivity index (χ3n) is 4.87. The number of carbonyl (C=O) groups excluding carboxylic acids is 1. The predicted molar refractivity (Wildman–Crippen MR) is 111 cm³/mol. The van der Waals surface area contributed by atoms with E-state index in [0.717, 1.165) is 29.8 Å². The number of thioether (sulfide) groups is 1. The van der Waals surface area contributed by atoms with Crippen LogP contribution in [-0.2, 0) is 6.42 Å². The summed E-state index contributed by atoms with van der Waals surface area (Å²) in [7, 11) is 3.27. The van der Waals surface area contributed by atoms with E-state index in [2.05, 4.69) is 19.1 Å². The number of ether oxygens (including phenoxy) is 2. The number of rotatable bonds is 7. The van der Waals surface area contributed by atoms with E-state index in [1.165, 1.54) is 18.4 Å². The highest BCUT2D eigenvalue weighted by Gasteiger charge is 2.33. The standard InChI is InChI=1S/C22H27NO3S/c1-4-5-7-16-10-12-17(13-11-16)21(24)23-14-15-27-22(23)18-8-6-9-19(25-2)20(18)26-3/h6,8-13,22H,4-5,7,14-15H2,1-3H3/t22-/m1/s1. The summed E-state index contributed by atoms with van der Waals surface area (Å²) in [5.74, 6) is 2.37. The molecule has 2 aromatic rings. The minimum atomic E-state index is -0.0673. The fourth-order valence-electron chi connectivity index (χ4n) is 3.40. The van der Waals surface area contributed by atoms with Crippen molar-refractivity contribution in [2.45, 2.75) is 31.6 Å². The lowest BCUT2D eigenvalue weighted by atomic mass is 10.1. The monoisotopic (exact) mass is 385 g/mol. The molecule has 0 radical (unpaired) electrons. The molecule has 27 heavy (non-hydrogen) atoms. The van der Waals surface area contributed by atoms with E-state index in [0.29, 0.717) is 11.5 Å². The zero-order valence-corrected chi connectivity index (χ0v) is 17.1. The van der Waals surface area contributed by atoms with Crippen LogP contribution in [0.5, 0.6) is 11.5 Å². The van der Waals surface area contributed by atoms with Gasteiger partial charge in [-0.25, -0.2) is 0 Å². The maximum atomic E-state index is 13.2. The lowest BCUT2D eigenvalue weighted by molar-refractivity contribution is 0.0759. The summed E-state index contributed by atoms with van der Waals surface area (Å²) in [5, 5.41) is -0.0673. The minimum absolute atomic E-state index is 0.0666. The Hall–Kier alpha value is -2.14. The molecule has 3 rings (SSSR count). The van der Waals surface area contributed by atoms with Crippen LogP contribution in [0.1, 0.15) is 46.6 Å². The molecule has 1 amide bonds. The third-order valence-corrected chi connectivity index (χ3v) is 6.11. The summed E-state index contributed by atoms with van der Waals surface area (Å²) < 4.78 is 11.0. The highest BCUT2D eigenvalue weighted by molar-refractivity contribution is 7.99. The number of nitrogens with zero attached hydrogens (tertiary/aromatic N) is 1. The van der Waals surface area contributed by atoms with Crippen LogP contribution in [0.15, 0.2) is 42.5 Å². The highest BCUT2D eigenvalue weighted by atomic mass is 32.2. The third kappa shape index (κ3) is 4.24. The summed E-state index contributed by atoms with van der Waals surface area (Å²) in [6, 6.07) is 13.9. The number of benzene rings is 2. The first kappa shape index (κ1) is 19.6. The number of methoxy groups -OCH3 is 2. The molecule has 4 nitrogen and oxygen atoms in total. The average molecular weight is 386 g/mol. The van der Waals surface area contributed by atoms with Gasteiger partial charge in [0, 0.05) is 23.4 Å². The lowest BCUT2D eigenvalue weighted by Gasteiger charge is -2.26. The lowest BCUT2D eigenvalue weighted by Crippen LogP contribution is -2.30. The van der Waals surface area contributed by atoms with Crippen LogP contribution in [0, 0.1) is 0 Å². The van der Waals surface area contributed by atoms with Crippen molar-refractivity contribution in [1.29, 1.82) is 0 Å². The Kier molecular flexibility index (Phi) is 6.67. The summed E-state index contributed by atoms with van der Waals surface area (Å²) in [4.78, 5) is 15.1. The summed E-state index contributed by atoms with van der Waals surface area (Å²) >= 11 is 1.76. The van der Waals surface area contributed by atoms with Crippen LogP contribution in [0.25, 0.3) is 0 Å². The molecule has 0 unspecified atom stereocenters. The molecule has 144 valence electrons. The van der Waals surface area contributed by atoms with Gasteiger partial charge in [0.05, 0.1) is 14.2 Å². The van der Waals surface area contributed by atoms with Gasteiger partial charge in [0.25, 0.3) is 5.91 Å². The first-order chi connectivity index (χ1) is 13.2. The van der Waals surface area contributed by atoms with E-state index >= 15 is 0 Å². The second-order valence-corrected chi connectivity index (χ2v) is 7.79. The van der Waals surface area contributed by atoms with Crippen molar-refractivity contribution >= 4 is 17.7 Å². The van der Waals surface area contributed by atoms with E-state index in [4.69, 9.17) is 9.47 Å². The van der Waals surface area contributed by atoms with Gasteiger partial charge in [0.2, 0.25) is 0 Å². The summed E-state index contributed by atoms with van der Waals surface area (Å²) in [5.41, 5.74) is 3.01. The Morgan fingerprint density at radius 3 is 2.59 bits per heavy atom. The molecule has 1 fully saturated rings. The first-order valence-corrected chi connectivity index (χ1v) is 10.5. The number of hydrogen-bond acceptors (Lipinski definition) is 4. The quantitative estimate of drug-likeness (QED) is 0.677. The predicted octanol–water partition coefficient (Wildman–Crippen LogP) is 4.93. The van der Waals surface area contributed by atoms with E-state index in [-0.39, 0.29) is 11.3 Å². The SMILES string of the molecule is CCCCc1ccc(C(=O)N2CCS[C@@H]2c2cccc(OC)c2OC)cc1. The Balaban J connectivity index is 1.83. The van der Waals surface area contributed by atoms with E-state index in [1.54, 1.807) is 26.0 Å². The molecule has 0 aliphatic carbocycles. The van der Waals surface area contributed by atoms with Crippen LogP contribution in [-0.4, -0.2) is 37.3 Å². The fourth-order valence-corrected chi connectivity index (χ4v) is 4.67. The van der Waals surface area contributed by atoms with Crippen molar-refractivity contribution in [3.63, 3.8) is 0 Å². The van der Waals surface area contributed by atoms with Crippen molar-refractivity contribution in [2.75, 3.05) is 26.5 Å². The highest BCUT2D eigenvalue weighted by Crippen LogP contribution is 2.45. The van der Waals surface area contributed by atoms with Gasteiger partial charge < -0.3 is 14.4 Å². The van der Waals surface area contributed by atoms with Crippen molar-refractivity contribution < 1.29 is 14.3 Å². The van der Waals surface area contributed by atoms with Crippen LogP contribution >= 0.6 is 11.8 Å². The summed E-state index contributed by atoms with van der Waals surface area (Å²) in [6.07, 6.45) is 3.41. The second kappa shape index (κ2) is 9.18. The maximum Gasteiger partial charge on any atom is 0.255 e. The van der Waals surface area contributed by atoms with Gasteiger partial charge >= 0.3 is 0 Å². The van der Waals surface area contributed by atoms with Crippen LogP contribution in [0.3, 0.4) is 0 Å². The Labute approximate surface area is 165 Å². The molecule has 1 aliphatic heterocycles.